The molecule has 1 amide bonds. The van der Waals surface area contributed by atoms with Crippen molar-refractivity contribution in [1.82, 2.24) is 9.80 Å². The molecule has 0 N–H and O–H groups in total. The summed E-state index contributed by atoms with van der Waals surface area (Å²) >= 11 is 4.12. The van der Waals surface area contributed by atoms with Crippen LogP contribution in [0.5, 0.6) is 5.75 Å². The number of nitrogens with zero attached hydrogens (tertiary/aromatic N) is 2. The molecule has 5 nitrogen and oxygen atoms in total. The molecular weight excluding hydrogens is 380 g/mol. The number of amides is 1. The van der Waals surface area contributed by atoms with E-state index in [1.54, 1.807) is 7.11 Å². The van der Waals surface area contributed by atoms with E-state index in [1.807, 2.05) is 17.0 Å². The largest absolute Gasteiger partial charge is 0.497 e. The van der Waals surface area contributed by atoms with Crippen molar-refractivity contribution >= 4 is 29.6 Å². The Morgan fingerprint density at radius 2 is 1.89 bits per heavy atom. The van der Waals surface area contributed by atoms with E-state index in [2.05, 4.69) is 40.6 Å². The van der Waals surface area contributed by atoms with Crippen molar-refractivity contribution in [3.8, 4) is 5.75 Å². The number of methoxy groups -OCH3 is 1. The molecule has 1 aromatic rings. The van der Waals surface area contributed by atoms with Gasteiger partial charge in [-0.3, -0.25) is 4.90 Å². The van der Waals surface area contributed by atoms with E-state index < -0.39 is 0 Å². The van der Waals surface area contributed by atoms with Crippen molar-refractivity contribution in [3.05, 3.63) is 29.8 Å². The predicted molar refractivity (Wildman–Crippen MR) is 112 cm³/mol. The summed E-state index contributed by atoms with van der Waals surface area (Å²) in [6.45, 7) is 2.63. The monoisotopic (exact) mass is 408 g/mol. The van der Waals surface area contributed by atoms with E-state index in [0.717, 1.165) is 38.2 Å². The van der Waals surface area contributed by atoms with Crippen LogP contribution in [-0.2, 0) is 11.2 Å². The molecule has 0 radical (unpaired) electrons. The zero-order valence-corrected chi connectivity index (χ0v) is 17.5. The highest BCUT2D eigenvalue weighted by Crippen LogP contribution is 2.31. The summed E-state index contributed by atoms with van der Waals surface area (Å²) in [7, 11) is 1.68. The van der Waals surface area contributed by atoms with E-state index in [4.69, 9.17) is 9.47 Å². The topological polar surface area (TPSA) is 42.0 Å². The van der Waals surface area contributed by atoms with Crippen LogP contribution in [0.4, 0.5) is 4.79 Å². The molecule has 0 bridgehead atoms. The summed E-state index contributed by atoms with van der Waals surface area (Å²) in [6, 6.07) is 9.03. The van der Waals surface area contributed by atoms with Crippen LogP contribution < -0.4 is 4.74 Å². The first-order chi connectivity index (χ1) is 13.2. The van der Waals surface area contributed by atoms with Gasteiger partial charge < -0.3 is 14.4 Å². The summed E-state index contributed by atoms with van der Waals surface area (Å²) in [5, 5.41) is 0. The second-order valence-electron chi connectivity index (χ2n) is 7.39. The Bertz CT molecular complexity index is 635. The lowest BCUT2D eigenvalue weighted by Gasteiger charge is -2.28. The molecular formula is C20H28N2O3S2. The van der Waals surface area contributed by atoms with Gasteiger partial charge in [0, 0.05) is 48.7 Å². The maximum atomic E-state index is 12.3. The van der Waals surface area contributed by atoms with Gasteiger partial charge in [-0.1, -0.05) is 12.1 Å². The zero-order valence-electron chi connectivity index (χ0n) is 15.8. The Morgan fingerprint density at radius 3 is 2.59 bits per heavy atom. The van der Waals surface area contributed by atoms with Gasteiger partial charge in [-0.2, -0.15) is 23.5 Å². The van der Waals surface area contributed by atoms with Crippen LogP contribution in [0.3, 0.4) is 0 Å². The van der Waals surface area contributed by atoms with Gasteiger partial charge in [0.2, 0.25) is 0 Å². The third kappa shape index (κ3) is 4.51. The number of hydrogen-bond donors (Lipinski definition) is 0. The molecule has 0 unspecified atom stereocenters. The molecule has 2 atom stereocenters. The molecule has 3 heterocycles. The maximum Gasteiger partial charge on any atom is 0.410 e. The third-order valence-electron chi connectivity index (χ3n) is 5.68. The van der Waals surface area contributed by atoms with Gasteiger partial charge in [0.1, 0.15) is 11.9 Å². The van der Waals surface area contributed by atoms with Gasteiger partial charge in [0.25, 0.3) is 0 Å². The molecule has 3 aliphatic heterocycles. The van der Waals surface area contributed by atoms with Gasteiger partial charge in [0.15, 0.2) is 0 Å². The summed E-state index contributed by atoms with van der Waals surface area (Å²) in [4.78, 5) is 16.8. The van der Waals surface area contributed by atoms with E-state index in [-0.39, 0.29) is 18.2 Å². The van der Waals surface area contributed by atoms with Crippen molar-refractivity contribution in [2.75, 3.05) is 49.8 Å². The van der Waals surface area contributed by atoms with Crippen molar-refractivity contribution in [2.45, 2.75) is 31.0 Å². The second kappa shape index (κ2) is 8.97. The fourth-order valence-electron chi connectivity index (χ4n) is 4.15. The van der Waals surface area contributed by atoms with Gasteiger partial charge in [-0.15, -0.1) is 0 Å². The molecule has 1 aromatic carbocycles. The Balaban J connectivity index is 1.29. The number of rotatable bonds is 6. The Labute approximate surface area is 170 Å². The minimum atomic E-state index is -0.121. The quantitative estimate of drug-likeness (QED) is 0.721. The molecule has 0 aliphatic carbocycles. The highest BCUT2D eigenvalue weighted by Gasteiger charge is 2.48. The zero-order chi connectivity index (χ0) is 18.6. The number of likely N-dealkylation sites (tertiary alicyclic amines) is 1. The van der Waals surface area contributed by atoms with Gasteiger partial charge in [-0.05, 0) is 30.5 Å². The van der Waals surface area contributed by atoms with Crippen LogP contribution in [0.25, 0.3) is 0 Å². The standard InChI is InChI=1S/C20H28N2O3S2/c1-24-17-6-4-15(5-7-17)3-2-8-22-18-11-21(12-19(18)25-20(22)23)16-13-26-9-10-27-14-16/h4-7,16,18-19H,2-3,8-14H2,1H3/t18-,19+/m1/s1. The summed E-state index contributed by atoms with van der Waals surface area (Å²) < 4.78 is 10.9. The molecule has 27 heavy (non-hydrogen) atoms. The first kappa shape index (κ1) is 19.3. The first-order valence-electron chi connectivity index (χ1n) is 9.74. The fourth-order valence-corrected chi connectivity index (χ4v) is 6.78. The van der Waals surface area contributed by atoms with Crippen molar-refractivity contribution in [3.63, 3.8) is 0 Å². The normalized spacial score (nSPS) is 26.7. The van der Waals surface area contributed by atoms with E-state index in [1.165, 1.54) is 28.6 Å². The number of ether oxygens (including phenoxy) is 2. The van der Waals surface area contributed by atoms with Gasteiger partial charge in [0.05, 0.1) is 13.2 Å². The van der Waals surface area contributed by atoms with Crippen LogP contribution in [0.1, 0.15) is 12.0 Å². The minimum Gasteiger partial charge on any atom is -0.497 e. The van der Waals surface area contributed by atoms with Gasteiger partial charge in [-0.25, -0.2) is 4.79 Å². The molecule has 7 heteroatoms. The van der Waals surface area contributed by atoms with Gasteiger partial charge >= 0.3 is 6.09 Å². The molecule has 3 saturated heterocycles. The molecule has 0 spiro atoms. The lowest BCUT2D eigenvalue weighted by atomic mass is 10.1. The molecule has 0 aromatic heterocycles. The number of aryl methyl sites for hydroxylation is 1. The van der Waals surface area contributed by atoms with Crippen molar-refractivity contribution in [1.29, 1.82) is 0 Å². The number of carbonyl (C=O) groups excluding carboxylic acids is 1. The number of fused-ring (bicyclic) bond motifs is 1. The lowest BCUT2D eigenvalue weighted by molar-refractivity contribution is 0.116. The average Bonchev–Trinajstić information content (AvgIpc) is 3.07. The number of carbonyl (C=O) groups is 1. The second-order valence-corrected chi connectivity index (χ2v) is 9.69. The fraction of sp³-hybridized carbons (Fsp3) is 0.650. The van der Waals surface area contributed by atoms with Crippen LogP contribution >= 0.6 is 23.5 Å². The SMILES string of the molecule is COc1ccc(CCCN2C(=O)O[C@H]3CN(C4CSCCSC4)C[C@H]32)cc1. The molecule has 0 saturated carbocycles. The first-order valence-corrected chi connectivity index (χ1v) is 12.1. The van der Waals surface area contributed by atoms with Crippen molar-refractivity contribution in [2.24, 2.45) is 0 Å². The number of hydrogen-bond acceptors (Lipinski definition) is 6. The number of thioether (sulfide) groups is 2. The summed E-state index contributed by atoms with van der Waals surface area (Å²) in [6.07, 6.45) is 1.85. The highest BCUT2D eigenvalue weighted by molar-refractivity contribution is 8.03. The highest BCUT2D eigenvalue weighted by atomic mass is 32.2. The Hall–Kier alpha value is -1.05. The smallest absolute Gasteiger partial charge is 0.410 e. The van der Waals surface area contributed by atoms with Crippen LogP contribution in [-0.4, -0.2) is 83.8 Å². The average molecular weight is 409 g/mol. The maximum absolute atomic E-state index is 12.3. The summed E-state index contributed by atoms with van der Waals surface area (Å²) in [5.41, 5.74) is 1.28. The predicted octanol–water partition coefficient (Wildman–Crippen LogP) is 2.98. The molecule has 3 aliphatic rings. The molecule has 3 fully saturated rings. The third-order valence-corrected chi connectivity index (χ3v) is 8.17. The van der Waals surface area contributed by atoms with E-state index >= 15 is 0 Å². The lowest BCUT2D eigenvalue weighted by Crippen LogP contribution is -2.42. The van der Waals surface area contributed by atoms with Crippen LogP contribution in [0.2, 0.25) is 0 Å². The van der Waals surface area contributed by atoms with E-state index in [0.29, 0.717) is 6.04 Å². The minimum absolute atomic E-state index is 0.0525. The molecule has 4 rings (SSSR count). The Morgan fingerprint density at radius 1 is 1.15 bits per heavy atom. The summed E-state index contributed by atoms with van der Waals surface area (Å²) in [5.74, 6) is 5.81. The van der Waals surface area contributed by atoms with Crippen LogP contribution in [0, 0.1) is 0 Å². The van der Waals surface area contributed by atoms with Crippen LogP contribution in [0.15, 0.2) is 24.3 Å². The van der Waals surface area contributed by atoms with Crippen molar-refractivity contribution < 1.29 is 14.3 Å². The molecule has 148 valence electrons. The Kier molecular flexibility index (Phi) is 6.40. The number of benzene rings is 1. The van der Waals surface area contributed by atoms with E-state index in [9.17, 15) is 4.79 Å².